The van der Waals surface area contributed by atoms with Gasteiger partial charge in [0, 0.05) is 60.9 Å². The molecule has 8 heteroatoms. The van der Waals surface area contributed by atoms with Crippen molar-refractivity contribution < 1.29 is 0 Å². The number of hydrogen-bond acceptors (Lipinski definition) is 4. The highest BCUT2D eigenvalue weighted by Gasteiger charge is 2.23. The van der Waals surface area contributed by atoms with E-state index in [9.17, 15) is 0 Å². The van der Waals surface area contributed by atoms with Crippen LogP contribution in [0.1, 0.15) is 28.8 Å². The minimum absolute atomic E-state index is 0. The van der Waals surface area contributed by atoms with Gasteiger partial charge in [-0.25, -0.2) is 4.98 Å². The van der Waals surface area contributed by atoms with Crippen LogP contribution < -0.4 is 15.5 Å². The lowest BCUT2D eigenvalue weighted by Crippen LogP contribution is -2.38. The molecule has 1 unspecified atom stereocenters. The molecule has 1 aliphatic rings. The minimum atomic E-state index is 0. The van der Waals surface area contributed by atoms with Crippen LogP contribution in [0.5, 0.6) is 0 Å². The Morgan fingerprint density at radius 3 is 2.90 bits per heavy atom. The molecule has 1 aromatic carbocycles. The third kappa shape index (κ3) is 7.29. The highest BCUT2D eigenvalue weighted by molar-refractivity contribution is 14.0. The Balaban J connectivity index is 0.00000300. The van der Waals surface area contributed by atoms with Gasteiger partial charge in [-0.3, -0.25) is 4.99 Å². The maximum Gasteiger partial charge on any atom is 0.191 e. The van der Waals surface area contributed by atoms with Gasteiger partial charge in [-0.05, 0) is 50.8 Å². The normalized spacial score (nSPS) is 16.6. The summed E-state index contributed by atoms with van der Waals surface area (Å²) in [6, 6.07) is 6.13. The van der Waals surface area contributed by atoms with Crippen molar-refractivity contribution in [2.75, 3.05) is 37.6 Å². The summed E-state index contributed by atoms with van der Waals surface area (Å²) >= 11 is 7.95. The Labute approximate surface area is 200 Å². The van der Waals surface area contributed by atoms with Crippen LogP contribution in [0.15, 0.2) is 29.4 Å². The zero-order valence-electron chi connectivity index (χ0n) is 17.4. The van der Waals surface area contributed by atoms with Crippen molar-refractivity contribution in [1.82, 2.24) is 15.6 Å². The number of halogens is 2. The van der Waals surface area contributed by atoms with Crippen molar-refractivity contribution in [3.63, 3.8) is 0 Å². The van der Waals surface area contributed by atoms with Crippen LogP contribution in [0.4, 0.5) is 5.69 Å². The van der Waals surface area contributed by atoms with E-state index in [1.54, 1.807) is 11.3 Å². The summed E-state index contributed by atoms with van der Waals surface area (Å²) in [5, 5.41) is 8.76. The molecular weight excluding hydrogens is 517 g/mol. The number of nitrogens with zero attached hydrogens (tertiary/aromatic N) is 3. The molecule has 1 saturated heterocycles. The van der Waals surface area contributed by atoms with Crippen LogP contribution in [0.25, 0.3) is 0 Å². The maximum absolute atomic E-state index is 6.19. The summed E-state index contributed by atoms with van der Waals surface area (Å²) in [6.07, 6.45) is 4.02. The smallest absolute Gasteiger partial charge is 0.191 e. The van der Waals surface area contributed by atoms with E-state index >= 15 is 0 Å². The van der Waals surface area contributed by atoms with Gasteiger partial charge in [-0.15, -0.1) is 35.3 Å². The van der Waals surface area contributed by atoms with Crippen LogP contribution >= 0.6 is 46.9 Å². The van der Waals surface area contributed by atoms with Crippen LogP contribution in [-0.2, 0) is 6.42 Å². The number of rotatable bonds is 7. The molecule has 1 aromatic heterocycles. The van der Waals surface area contributed by atoms with Crippen LogP contribution in [0, 0.1) is 19.8 Å². The van der Waals surface area contributed by atoms with Gasteiger partial charge in [0.15, 0.2) is 5.96 Å². The number of guanidine groups is 1. The summed E-state index contributed by atoms with van der Waals surface area (Å²) in [5.74, 6) is 1.46. The average molecular weight is 548 g/mol. The second-order valence-corrected chi connectivity index (χ2v) is 9.05. The summed E-state index contributed by atoms with van der Waals surface area (Å²) in [5.41, 5.74) is 2.53. The Hall–Kier alpha value is -1.06. The van der Waals surface area contributed by atoms with Gasteiger partial charge in [-0.1, -0.05) is 17.7 Å². The van der Waals surface area contributed by atoms with Crippen molar-refractivity contribution in [2.45, 2.75) is 33.6 Å². The Bertz CT molecular complexity index is 810. The third-order valence-corrected chi connectivity index (χ3v) is 6.16. The quantitative estimate of drug-likeness (QED) is 0.301. The lowest BCUT2D eigenvalue weighted by atomic mass is 10.1. The molecule has 29 heavy (non-hydrogen) atoms. The van der Waals surface area contributed by atoms with E-state index in [4.69, 9.17) is 16.6 Å². The van der Waals surface area contributed by atoms with Crippen molar-refractivity contribution in [3.05, 3.63) is 44.9 Å². The molecule has 0 spiro atoms. The first-order valence-corrected chi connectivity index (χ1v) is 11.2. The molecule has 1 aliphatic heterocycles. The molecule has 0 radical (unpaired) electrons. The number of hydrogen-bond donors (Lipinski definition) is 2. The topological polar surface area (TPSA) is 52.6 Å². The highest BCUT2D eigenvalue weighted by Crippen LogP contribution is 2.29. The Kier molecular flexibility index (Phi) is 9.98. The van der Waals surface area contributed by atoms with Gasteiger partial charge in [0.25, 0.3) is 0 Å². The molecule has 0 aliphatic carbocycles. The van der Waals surface area contributed by atoms with Crippen molar-refractivity contribution in [3.8, 4) is 0 Å². The van der Waals surface area contributed by atoms with Crippen LogP contribution in [0.3, 0.4) is 0 Å². The van der Waals surface area contributed by atoms with E-state index in [-0.39, 0.29) is 24.0 Å². The van der Waals surface area contributed by atoms with Crippen molar-refractivity contribution in [1.29, 1.82) is 0 Å². The summed E-state index contributed by atoms with van der Waals surface area (Å²) in [4.78, 5) is 12.9. The lowest BCUT2D eigenvalue weighted by Gasteiger charge is -2.21. The van der Waals surface area contributed by atoms with Gasteiger partial charge in [0.2, 0.25) is 0 Å². The number of aryl methyl sites for hydroxylation is 2. The molecule has 0 amide bonds. The van der Waals surface area contributed by atoms with Gasteiger partial charge >= 0.3 is 0 Å². The highest BCUT2D eigenvalue weighted by atomic mass is 127. The first kappa shape index (κ1) is 24.2. The third-order valence-electron chi connectivity index (χ3n) is 4.95. The number of anilines is 1. The van der Waals surface area contributed by atoms with Gasteiger partial charge in [0.1, 0.15) is 0 Å². The number of aromatic nitrogens is 1. The second-order valence-electron chi connectivity index (χ2n) is 7.29. The Morgan fingerprint density at radius 2 is 2.17 bits per heavy atom. The molecule has 5 nitrogen and oxygen atoms in total. The average Bonchev–Trinajstić information content (AvgIpc) is 3.31. The lowest BCUT2D eigenvalue weighted by molar-refractivity contribution is 0.599. The summed E-state index contributed by atoms with van der Waals surface area (Å²) < 4.78 is 0. The first-order chi connectivity index (χ1) is 13.5. The SMILES string of the molecule is CCNC(=NCC1CCN(c2cc(Cl)ccc2C)C1)NCCc1ncc(C)s1.I. The molecule has 2 heterocycles. The van der Waals surface area contributed by atoms with Crippen molar-refractivity contribution in [2.24, 2.45) is 10.9 Å². The molecule has 0 saturated carbocycles. The van der Waals surface area contributed by atoms with E-state index in [1.807, 2.05) is 12.3 Å². The number of benzene rings is 1. The van der Waals surface area contributed by atoms with Gasteiger partial charge in [0.05, 0.1) is 5.01 Å². The van der Waals surface area contributed by atoms with E-state index in [2.05, 4.69) is 53.4 Å². The van der Waals surface area contributed by atoms with Gasteiger partial charge in [-0.2, -0.15) is 0 Å². The second kappa shape index (κ2) is 12.0. The fourth-order valence-corrected chi connectivity index (χ4v) is 4.44. The van der Waals surface area contributed by atoms with Gasteiger partial charge < -0.3 is 15.5 Å². The van der Waals surface area contributed by atoms with E-state index < -0.39 is 0 Å². The number of thiazole rings is 1. The number of nitrogens with one attached hydrogen (secondary N) is 2. The predicted octanol–water partition coefficient (Wildman–Crippen LogP) is 4.66. The van der Waals surface area contributed by atoms with E-state index in [0.717, 1.165) is 56.5 Å². The standard InChI is InChI=1S/C21H30ClN5S.HI/c1-4-23-21(24-9-7-20-25-12-16(3)28-20)26-13-17-8-10-27(14-17)19-11-18(22)6-5-15(19)2;/h5-6,11-12,17H,4,7-10,13-14H2,1-3H3,(H2,23,24,26);1H. The molecule has 0 bridgehead atoms. The summed E-state index contributed by atoms with van der Waals surface area (Å²) in [6.45, 7) is 11.0. The monoisotopic (exact) mass is 547 g/mol. The van der Waals surface area contributed by atoms with E-state index in [1.165, 1.54) is 21.1 Å². The predicted molar refractivity (Wildman–Crippen MR) is 136 cm³/mol. The largest absolute Gasteiger partial charge is 0.371 e. The van der Waals surface area contributed by atoms with E-state index in [0.29, 0.717) is 5.92 Å². The zero-order chi connectivity index (χ0) is 19.9. The molecule has 2 aromatic rings. The number of aliphatic imine (C=N–C) groups is 1. The maximum atomic E-state index is 6.19. The minimum Gasteiger partial charge on any atom is -0.371 e. The van der Waals surface area contributed by atoms with Crippen LogP contribution in [0.2, 0.25) is 5.02 Å². The molecule has 3 rings (SSSR count). The zero-order valence-corrected chi connectivity index (χ0v) is 21.3. The molecule has 1 fully saturated rings. The molecule has 1 atom stereocenters. The molecule has 160 valence electrons. The van der Waals surface area contributed by atoms with Crippen LogP contribution in [-0.4, -0.2) is 43.7 Å². The van der Waals surface area contributed by atoms with Crippen molar-refractivity contribution >= 4 is 58.6 Å². The fourth-order valence-electron chi connectivity index (χ4n) is 3.49. The summed E-state index contributed by atoms with van der Waals surface area (Å²) in [7, 11) is 0. The first-order valence-electron chi connectivity index (χ1n) is 9.99. The molecular formula is C21H31ClIN5S. The Morgan fingerprint density at radius 1 is 1.34 bits per heavy atom. The molecule has 2 N–H and O–H groups in total. The fraction of sp³-hybridized carbons (Fsp3) is 0.524.